The number of carbonyl (C=O) groups is 1. The Balaban J connectivity index is 2.17. The summed E-state index contributed by atoms with van der Waals surface area (Å²) >= 11 is 0. The molecule has 0 atom stereocenters. The molecule has 1 saturated carbocycles. The minimum absolute atomic E-state index is 0.0566. The molecule has 0 unspecified atom stereocenters. The zero-order valence-corrected chi connectivity index (χ0v) is 8.42. The van der Waals surface area contributed by atoms with E-state index in [1.54, 1.807) is 0 Å². The average Bonchev–Trinajstić information content (AvgIpc) is 3.01. The van der Waals surface area contributed by atoms with Crippen molar-refractivity contribution in [1.82, 2.24) is 0 Å². The average molecular weight is 209 g/mol. The minimum Gasteiger partial charge on any atom is -0.495 e. The standard InChI is InChI=1S/C11H12FNO2/c1-15-10-5-4-8(12)6-9(10)13-11(14)7-2-3-7/h4-7H,2-3H2,1H3,(H,13,14). The molecule has 1 fully saturated rings. The number of benzene rings is 1. The van der Waals surface area contributed by atoms with Crippen LogP contribution in [0.15, 0.2) is 18.2 Å². The van der Waals surface area contributed by atoms with Gasteiger partial charge in [0.1, 0.15) is 11.6 Å². The predicted molar refractivity (Wildman–Crippen MR) is 54.3 cm³/mol. The topological polar surface area (TPSA) is 38.3 Å². The number of methoxy groups -OCH3 is 1. The van der Waals surface area contributed by atoms with Gasteiger partial charge in [-0.15, -0.1) is 0 Å². The summed E-state index contributed by atoms with van der Waals surface area (Å²) < 4.78 is 18.0. The smallest absolute Gasteiger partial charge is 0.227 e. The van der Waals surface area contributed by atoms with E-state index < -0.39 is 0 Å². The van der Waals surface area contributed by atoms with E-state index in [4.69, 9.17) is 4.74 Å². The zero-order valence-electron chi connectivity index (χ0n) is 8.42. The zero-order chi connectivity index (χ0) is 10.8. The highest BCUT2D eigenvalue weighted by Gasteiger charge is 2.30. The lowest BCUT2D eigenvalue weighted by Crippen LogP contribution is -2.14. The molecule has 0 spiro atoms. The number of ether oxygens (including phenoxy) is 1. The maximum absolute atomic E-state index is 12.9. The number of rotatable bonds is 3. The molecule has 0 saturated heterocycles. The van der Waals surface area contributed by atoms with Gasteiger partial charge in [-0.3, -0.25) is 4.79 Å². The second kappa shape index (κ2) is 3.88. The highest BCUT2D eigenvalue weighted by Crippen LogP contribution is 2.32. The summed E-state index contributed by atoms with van der Waals surface area (Å²) in [5, 5.41) is 2.66. The Morgan fingerprint density at radius 3 is 2.87 bits per heavy atom. The van der Waals surface area contributed by atoms with Crippen molar-refractivity contribution in [3.63, 3.8) is 0 Å². The van der Waals surface area contributed by atoms with Crippen LogP contribution in [-0.4, -0.2) is 13.0 Å². The van der Waals surface area contributed by atoms with E-state index in [-0.39, 0.29) is 17.6 Å². The molecule has 1 aliphatic carbocycles. The van der Waals surface area contributed by atoms with Crippen LogP contribution in [0.2, 0.25) is 0 Å². The maximum atomic E-state index is 12.9. The SMILES string of the molecule is COc1ccc(F)cc1NC(=O)C1CC1. The van der Waals surface area contributed by atoms with E-state index in [1.165, 1.54) is 25.3 Å². The van der Waals surface area contributed by atoms with Gasteiger partial charge >= 0.3 is 0 Å². The molecule has 0 aliphatic heterocycles. The van der Waals surface area contributed by atoms with Crippen LogP contribution in [0, 0.1) is 11.7 Å². The van der Waals surface area contributed by atoms with Crippen molar-refractivity contribution < 1.29 is 13.9 Å². The normalized spacial score (nSPS) is 14.8. The number of carbonyl (C=O) groups excluding carboxylic acids is 1. The largest absolute Gasteiger partial charge is 0.495 e. The molecule has 80 valence electrons. The molecule has 0 bridgehead atoms. The summed E-state index contributed by atoms with van der Waals surface area (Å²) in [6.07, 6.45) is 1.84. The Kier molecular flexibility index (Phi) is 2.58. The van der Waals surface area contributed by atoms with Gasteiger partial charge in [-0.1, -0.05) is 0 Å². The first-order valence-corrected chi connectivity index (χ1v) is 4.85. The van der Waals surface area contributed by atoms with Gasteiger partial charge in [-0.05, 0) is 25.0 Å². The lowest BCUT2D eigenvalue weighted by atomic mass is 10.2. The van der Waals surface area contributed by atoms with Gasteiger partial charge in [-0.2, -0.15) is 0 Å². The third-order valence-corrected chi connectivity index (χ3v) is 2.37. The molecule has 3 nitrogen and oxygen atoms in total. The fraction of sp³-hybridized carbons (Fsp3) is 0.364. The van der Waals surface area contributed by atoms with Crippen molar-refractivity contribution in [2.75, 3.05) is 12.4 Å². The molecular weight excluding hydrogens is 197 g/mol. The van der Waals surface area contributed by atoms with Crippen LogP contribution >= 0.6 is 0 Å². The molecule has 2 rings (SSSR count). The van der Waals surface area contributed by atoms with Crippen molar-refractivity contribution in [2.24, 2.45) is 5.92 Å². The number of halogens is 1. The van der Waals surface area contributed by atoms with Crippen molar-refractivity contribution in [3.05, 3.63) is 24.0 Å². The fourth-order valence-corrected chi connectivity index (χ4v) is 1.36. The van der Waals surface area contributed by atoms with Crippen LogP contribution < -0.4 is 10.1 Å². The summed E-state index contributed by atoms with van der Waals surface area (Å²) in [5.41, 5.74) is 0.398. The van der Waals surface area contributed by atoms with Gasteiger partial charge in [0, 0.05) is 12.0 Å². The third-order valence-electron chi connectivity index (χ3n) is 2.37. The highest BCUT2D eigenvalue weighted by atomic mass is 19.1. The number of hydrogen-bond donors (Lipinski definition) is 1. The number of hydrogen-bond acceptors (Lipinski definition) is 2. The van der Waals surface area contributed by atoms with Crippen LogP contribution in [-0.2, 0) is 4.79 Å². The summed E-state index contributed by atoms with van der Waals surface area (Å²) in [6, 6.07) is 4.06. The van der Waals surface area contributed by atoms with Crippen LogP contribution in [0.5, 0.6) is 5.75 Å². The van der Waals surface area contributed by atoms with Crippen molar-refractivity contribution in [2.45, 2.75) is 12.8 Å². The maximum Gasteiger partial charge on any atom is 0.227 e. The van der Waals surface area contributed by atoms with Crippen LogP contribution in [0.3, 0.4) is 0 Å². The van der Waals surface area contributed by atoms with E-state index in [0.29, 0.717) is 11.4 Å². The molecule has 1 amide bonds. The molecule has 15 heavy (non-hydrogen) atoms. The molecule has 0 heterocycles. The van der Waals surface area contributed by atoms with Gasteiger partial charge < -0.3 is 10.1 Å². The first kappa shape index (κ1) is 9.96. The highest BCUT2D eigenvalue weighted by molar-refractivity contribution is 5.95. The van der Waals surface area contributed by atoms with E-state index in [2.05, 4.69) is 5.32 Å². The fourth-order valence-electron chi connectivity index (χ4n) is 1.36. The summed E-state index contributed by atoms with van der Waals surface area (Å²) in [7, 11) is 1.49. The molecule has 1 aromatic rings. The van der Waals surface area contributed by atoms with Gasteiger partial charge in [0.15, 0.2) is 0 Å². The van der Waals surface area contributed by atoms with E-state index in [9.17, 15) is 9.18 Å². The lowest BCUT2D eigenvalue weighted by molar-refractivity contribution is -0.117. The summed E-state index contributed by atoms with van der Waals surface area (Å²) in [4.78, 5) is 11.5. The van der Waals surface area contributed by atoms with E-state index in [1.807, 2.05) is 0 Å². The Morgan fingerprint density at radius 1 is 1.53 bits per heavy atom. The second-order valence-corrected chi connectivity index (χ2v) is 3.61. The Bertz CT molecular complexity index is 388. The molecule has 4 heteroatoms. The lowest BCUT2D eigenvalue weighted by Gasteiger charge is -2.09. The van der Waals surface area contributed by atoms with Gasteiger partial charge in [0.25, 0.3) is 0 Å². The molecule has 1 aliphatic rings. The number of nitrogens with one attached hydrogen (secondary N) is 1. The van der Waals surface area contributed by atoms with Crippen LogP contribution in [0.25, 0.3) is 0 Å². The number of anilines is 1. The Morgan fingerprint density at radius 2 is 2.27 bits per heavy atom. The predicted octanol–water partition coefficient (Wildman–Crippen LogP) is 2.18. The van der Waals surface area contributed by atoms with Crippen molar-refractivity contribution in [3.8, 4) is 5.75 Å². The Hall–Kier alpha value is -1.58. The van der Waals surface area contributed by atoms with Crippen LogP contribution in [0.4, 0.5) is 10.1 Å². The molecule has 0 aromatic heterocycles. The molecule has 1 aromatic carbocycles. The first-order chi connectivity index (χ1) is 7.20. The number of amides is 1. The summed E-state index contributed by atoms with van der Waals surface area (Å²) in [6.45, 7) is 0. The monoisotopic (exact) mass is 209 g/mol. The second-order valence-electron chi connectivity index (χ2n) is 3.61. The molecular formula is C11H12FNO2. The Labute approximate surface area is 87.2 Å². The molecule has 0 radical (unpaired) electrons. The van der Waals surface area contributed by atoms with E-state index in [0.717, 1.165) is 12.8 Å². The first-order valence-electron chi connectivity index (χ1n) is 4.85. The van der Waals surface area contributed by atoms with Crippen molar-refractivity contribution in [1.29, 1.82) is 0 Å². The quantitative estimate of drug-likeness (QED) is 0.828. The van der Waals surface area contributed by atoms with Gasteiger partial charge in [0.2, 0.25) is 5.91 Å². The van der Waals surface area contributed by atoms with Crippen LogP contribution in [0.1, 0.15) is 12.8 Å². The minimum atomic E-state index is -0.387. The van der Waals surface area contributed by atoms with E-state index >= 15 is 0 Å². The van der Waals surface area contributed by atoms with Gasteiger partial charge in [0.05, 0.1) is 12.8 Å². The van der Waals surface area contributed by atoms with Gasteiger partial charge in [-0.25, -0.2) is 4.39 Å². The third kappa shape index (κ3) is 2.26. The summed E-state index contributed by atoms with van der Waals surface area (Å²) in [5.74, 6) is 0.129. The molecule has 1 N–H and O–H groups in total. The van der Waals surface area contributed by atoms with Crippen molar-refractivity contribution >= 4 is 11.6 Å².